The standard InChI is InChI=1S/C18H20BrNO/c1-2-18(11-13-6-4-3-5-7-13)12-16(20)15-10-14(19)8-9-17(15)21-18/h3-10,16H,2,11-12,20H2,1H3/t16-,18?/m0/s1. The van der Waals surface area contributed by atoms with E-state index in [-0.39, 0.29) is 11.6 Å². The Bertz CT molecular complexity index is 628. The minimum atomic E-state index is -0.207. The number of halogens is 1. The Morgan fingerprint density at radius 1 is 1.24 bits per heavy atom. The first kappa shape index (κ1) is 14.6. The van der Waals surface area contributed by atoms with Crippen molar-refractivity contribution in [1.82, 2.24) is 0 Å². The van der Waals surface area contributed by atoms with E-state index in [2.05, 4.69) is 53.2 Å². The van der Waals surface area contributed by atoms with Crippen molar-refractivity contribution >= 4 is 15.9 Å². The molecule has 3 heteroatoms. The minimum Gasteiger partial charge on any atom is -0.487 e. The highest BCUT2D eigenvalue weighted by molar-refractivity contribution is 9.10. The molecule has 1 heterocycles. The number of hydrogen-bond donors (Lipinski definition) is 1. The minimum absolute atomic E-state index is 0.0231. The van der Waals surface area contributed by atoms with Crippen molar-refractivity contribution < 1.29 is 4.74 Å². The van der Waals surface area contributed by atoms with Crippen LogP contribution in [0.25, 0.3) is 0 Å². The Morgan fingerprint density at radius 2 is 2.00 bits per heavy atom. The number of rotatable bonds is 3. The zero-order valence-corrected chi connectivity index (χ0v) is 13.8. The number of hydrogen-bond acceptors (Lipinski definition) is 2. The molecule has 0 saturated carbocycles. The zero-order chi connectivity index (χ0) is 14.9. The van der Waals surface area contributed by atoms with E-state index in [9.17, 15) is 0 Å². The van der Waals surface area contributed by atoms with Crippen LogP contribution in [-0.4, -0.2) is 5.60 Å². The highest BCUT2D eigenvalue weighted by atomic mass is 79.9. The van der Waals surface area contributed by atoms with Crippen molar-refractivity contribution in [2.24, 2.45) is 5.73 Å². The molecule has 110 valence electrons. The molecule has 0 spiro atoms. The summed E-state index contributed by atoms with van der Waals surface area (Å²) in [4.78, 5) is 0. The first-order valence-corrected chi connectivity index (χ1v) is 8.19. The van der Waals surface area contributed by atoms with Crippen LogP contribution in [0.5, 0.6) is 5.75 Å². The lowest BCUT2D eigenvalue weighted by atomic mass is 9.81. The predicted octanol–water partition coefficient (Wildman–Crippen LogP) is 4.62. The fraction of sp³-hybridized carbons (Fsp3) is 0.333. The molecule has 1 aliphatic rings. The van der Waals surface area contributed by atoms with Crippen LogP contribution in [0.1, 0.15) is 36.9 Å². The largest absolute Gasteiger partial charge is 0.487 e. The average Bonchev–Trinajstić information content (AvgIpc) is 2.49. The Balaban J connectivity index is 1.92. The smallest absolute Gasteiger partial charge is 0.125 e. The van der Waals surface area contributed by atoms with E-state index >= 15 is 0 Å². The van der Waals surface area contributed by atoms with Crippen molar-refractivity contribution in [3.8, 4) is 5.75 Å². The maximum absolute atomic E-state index is 6.42. The van der Waals surface area contributed by atoms with E-state index in [1.807, 2.05) is 18.2 Å². The van der Waals surface area contributed by atoms with Crippen molar-refractivity contribution in [3.63, 3.8) is 0 Å². The molecular formula is C18H20BrNO. The van der Waals surface area contributed by atoms with E-state index in [0.717, 1.165) is 35.0 Å². The SMILES string of the molecule is CCC1(Cc2ccccc2)C[C@H](N)c2cc(Br)ccc2O1. The summed E-state index contributed by atoms with van der Waals surface area (Å²) in [6, 6.07) is 16.6. The maximum Gasteiger partial charge on any atom is 0.125 e. The third kappa shape index (κ3) is 2.99. The summed E-state index contributed by atoms with van der Waals surface area (Å²) in [5.41, 5.74) is 8.61. The molecule has 2 aromatic carbocycles. The molecule has 2 N–H and O–H groups in total. The van der Waals surface area contributed by atoms with Crippen LogP contribution in [-0.2, 0) is 6.42 Å². The Labute approximate surface area is 134 Å². The molecule has 0 radical (unpaired) electrons. The third-order valence-corrected chi connectivity index (χ3v) is 4.80. The first-order chi connectivity index (χ1) is 10.1. The lowest BCUT2D eigenvalue weighted by Gasteiger charge is -2.41. The van der Waals surface area contributed by atoms with Gasteiger partial charge in [-0.2, -0.15) is 0 Å². The Morgan fingerprint density at radius 3 is 2.71 bits per heavy atom. The summed E-state index contributed by atoms with van der Waals surface area (Å²) in [6.45, 7) is 2.18. The molecule has 0 bridgehead atoms. The van der Waals surface area contributed by atoms with Crippen LogP contribution >= 0.6 is 15.9 Å². The summed E-state index contributed by atoms with van der Waals surface area (Å²) in [6.07, 6.45) is 2.69. The summed E-state index contributed by atoms with van der Waals surface area (Å²) in [5, 5.41) is 0. The second kappa shape index (κ2) is 5.82. The molecular weight excluding hydrogens is 326 g/mol. The summed E-state index contributed by atoms with van der Waals surface area (Å²) >= 11 is 3.51. The zero-order valence-electron chi connectivity index (χ0n) is 12.2. The quantitative estimate of drug-likeness (QED) is 0.880. The summed E-state index contributed by atoms with van der Waals surface area (Å²) < 4.78 is 7.45. The molecule has 2 atom stereocenters. The number of benzene rings is 2. The first-order valence-electron chi connectivity index (χ1n) is 7.40. The monoisotopic (exact) mass is 345 g/mol. The molecule has 1 aliphatic heterocycles. The van der Waals surface area contributed by atoms with Gasteiger partial charge in [-0.1, -0.05) is 53.2 Å². The Kier molecular flexibility index (Phi) is 4.05. The van der Waals surface area contributed by atoms with E-state index < -0.39 is 0 Å². The molecule has 21 heavy (non-hydrogen) atoms. The van der Waals surface area contributed by atoms with Crippen molar-refractivity contribution in [2.45, 2.75) is 37.8 Å². The van der Waals surface area contributed by atoms with Gasteiger partial charge < -0.3 is 10.5 Å². The highest BCUT2D eigenvalue weighted by Crippen LogP contribution is 2.42. The van der Waals surface area contributed by atoms with Gasteiger partial charge in [0, 0.05) is 28.9 Å². The van der Waals surface area contributed by atoms with Gasteiger partial charge in [0.1, 0.15) is 11.4 Å². The van der Waals surface area contributed by atoms with Gasteiger partial charge in [0.05, 0.1) is 0 Å². The van der Waals surface area contributed by atoms with Crippen LogP contribution in [0, 0.1) is 0 Å². The number of ether oxygens (including phenoxy) is 1. The summed E-state index contributed by atoms with van der Waals surface area (Å²) in [5.74, 6) is 0.926. The molecule has 1 unspecified atom stereocenters. The van der Waals surface area contributed by atoms with Crippen molar-refractivity contribution in [1.29, 1.82) is 0 Å². The van der Waals surface area contributed by atoms with Gasteiger partial charge in [-0.25, -0.2) is 0 Å². The van der Waals surface area contributed by atoms with Crippen molar-refractivity contribution in [3.05, 3.63) is 64.1 Å². The second-order valence-electron chi connectivity index (χ2n) is 5.79. The van der Waals surface area contributed by atoms with E-state index in [1.165, 1.54) is 5.56 Å². The van der Waals surface area contributed by atoms with E-state index in [4.69, 9.17) is 10.5 Å². The highest BCUT2D eigenvalue weighted by Gasteiger charge is 2.38. The third-order valence-electron chi connectivity index (χ3n) is 4.30. The molecule has 0 aromatic heterocycles. The molecule has 2 aromatic rings. The average molecular weight is 346 g/mol. The van der Waals surface area contributed by atoms with Crippen LogP contribution in [0.4, 0.5) is 0 Å². The van der Waals surface area contributed by atoms with Gasteiger partial charge >= 0.3 is 0 Å². The van der Waals surface area contributed by atoms with Gasteiger partial charge in [0.15, 0.2) is 0 Å². The van der Waals surface area contributed by atoms with Crippen LogP contribution in [0.15, 0.2) is 53.0 Å². The number of fused-ring (bicyclic) bond motifs is 1. The van der Waals surface area contributed by atoms with Crippen LogP contribution in [0.3, 0.4) is 0 Å². The topological polar surface area (TPSA) is 35.2 Å². The van der Waals surface area contributed by atoms with E-state index in [1.54, 1.807) is 0 Å². The predicted molar refractivity (Wildman–Crippen MR) is 89.5 cm³/mol. The fourth-order valence-electron chi connectivity index (χ4n) is 3.11. The molecule has 0 saturated heterocycles. The molecule has 0 amide bonds. The Hall–Kier alpha value is -1.32. The number of nitrogens with two attached hydrogens (primary N) is 1. The van der Waals surface area contributed by atoms with Gasteiger partial charge in [0.25, 0.3) is 0 Å². The van der Waals surface area contributed by atoms with Gasteiger partial charge in [0.2, 0.25) is 0 Å². The van der Waals surface area contributed by atoms with Crippen molar-refractivity contribution in [2.75, 3.05) is 0 Å². The van der Waals surface area contributed by atoms with E-state index in [0.29, 0.717) is 0 Å². The lowest BCUT2D eigenvalue weighted by Crippen LogP contribution is -2.44. The molecule has 2 nitrogen and oxygen atoms in total. The van der Waals surface area contributed by atoms with Gasteiger partial charge in [-0.05, 0) is 30.2 Å². The molecule has 0 fully saturated rings. The molecule has 0 aliphatic carbocycles. The van der Waals surface area contributed by atoms with Crippen LogP contribution in [0.2, 0.25) is 0 Å². The molecule has 3 rings (SSSR count). The van der Waals surface area contributed by atoms with Gasteiger partial charge in [-0.15, -0.1) is 0 Å². The second-order valence-corrected chi connectivity index (χ2v) is 6.71. The van der Waals surface area contributed by atoms with Crippen LogP contribution < -0.4 is 10.5 Å². The van der Waals surface area contributed by atoms with Gasteiger partial charge in [-0.3, -0.25) is 0 Å². The lowest BCUT2D eigenvalue weighted by molar-refractivity contribution is 0.0321. The maximum atomic E-state index is 6.42. The fourth-order valence-corrected chi connectivity index (χ4v) is 3.48. The summed E-state index contributed by atoms with van der Waals surface area (Å²) in [7, 11) is 0. The normalized spacial score (nSPS) is 24.2.